The number of hydrogen-bond acceptors (Lipinski definition) is 6. The first-order chi connectivity index (χ1) is 14.5. The second-order valence-corrected chi connectivity index (χ2v) is 8.02. The van der Waals surface area contributed by atoms with E-state index in [1.54, 1.807) is 22.1 Å². The summed E-state index contributed by atoms with van der Waals surface area (Å²) in [4.78, 5) is 22.8. The number of halogens is 1. The van der Waals surface area contributed by atoms with Crippen molar-refractivity contribution in [2.45, 2.75) is 12.8 Å². The lowest BCUT2D eigenvalue weighted by molar-refractivity contribution is -0.136. The van der Waals surface area contributed by atoms with Gasteiger partial charge in [-0.25, -0.2) is 0 Å². The van der Waals surface area contributed by atoms with Crippen molar-refractivity contribution in [2.75, 3.05) is 37.6 Å². The highest BCUT2D eigenvalue weighted by Crippen LogP contribution is 2.34. The maximum atomic E-state index is 13.0. The van der Waals surface area contributed by atoms with Crippen LogP contribution in [0.5, 0.6) is 0 Å². The predicted octanol–water partition coefficient (Wildman–Crippen LogP) is 2.70. The van der Waals surface area contributed by atoms with Crippen LogP contribution >= 0.6 is 11.6 Å². The van der Waals surface area contributed by atoms with Crippen molar-refractivity contribution in [2.24, 2.45) is 5.92 Å². The summed E-state index contributed by atoms with van der Waals surface area (Å²) in [6.45, 7) is 2.59. The molecule has 1 aromatic heterocycles. The molecule has 1 amide bonds. The zero-order valence-corrected chi connectivity index (χ0v) is 17.2. The van der Waals surface area contributed by atoms with Crippen molar-refractivity contribution < 1.29 is 4.79 Å². The average molecular weight is 424 g/mol. The number of nitriles is 1. The van der Waals surface area contributed by atoms with Crippen LogP contribution in [0.25, 0.3) is 10.9 Å². The maximum absolute atomic E-state index is 13.0. The largest absolute Gasteiger partial charge is 0.370 e. The lowest BCUT2D eigenvalue weighted by atomic mass is 9.93. The Morgan fingerprint density at radius 1 is 1.27 bits per heavy atom. The first-order valence-electron chi connectivity index (χ1n) is 9.88. The quantitative estimate of drug-likeness (QED) is 0.582. The first-order valence-corrected chi connectivity index (χ1v) is 10.3. The van der Waals surface area contributed by atoms with E-state index in [1.165, 1.54) is 0 Å². The summed E-state index contributed by atoms with van der Waals surface area (Å²) >= 11 is 6.19. The smallest absolute Gasteiger partial charge is 0.226 e. The van der Waals surface area contributed by atoms with Gasteiger partial charge in [-0.15, -0.1) is 0 Å². The first kappa shape index (κ1) is 20.1. The van der Waals surface area contributed by atoms with Crippen molar-refractivity contribution in [1.29, 1.82) is 16.1 Å². The van der Waals surface area contributed by atoms with Gasteiger partial charge in [0.2, 0.25) is 5.91 Å². The minimum absolute atomic E-state index is 0.0761. The number of piperazine rings is 1. The number of anilines is 1. The lowest BCUT2D eigenvalue weighted by Gasteiger charge is -2.39. The van der Waals surface area contributed by atoms with Gasteiger partial charge in [-0.1, -0.05) is 11.6 Å². The van der Waals surface area contributed by atoms with Gasteiger partial charge in [0.05, 0.1) is 29.7 Å². The zero-order chi connectivity index (χ0) is 21.3. The molecule has 2 fully saturated rings. The number of rotatable bonds is 3. The maximum Gasteiger partial charge on any atom is 0.226 e. The molecule has 2 saturated heterocycles. The topological polar surface area (TPSA) is 111 Å². The fourth-order valence-electron chi connectivity index (χ4n) is 4.23. The van der Waals surface area contributed by atoms with Gasteiger partial charge in [0.25, 0.3) is 0 Å². The third kappa shape index (κ3) is 3.68. The fourth-order valence-corrected chi connectivity index (χ4v) is 4.40. The van der Waals surface area contributed by atoms with Crippen molar-refractivity contribution in [3.8, 4) is 6.07 Å². The van der Waals surface area contributed by atoms with E-state index in [0.29, 0.717) is 49.6 Å². The predicted molar refractivity (Wildman–Crippen MR) is 116 cm³/mol. The van der Waals surface area contributed by atoms with Crippen LogP contribution in [0.1, 0.15) is 18.4 Å². The number of aromatic nitrogens is 1. The fraction of sp³-hybridized carbons (Fsp3) is 0.381. The molecule has 0 bridgehead atoms. The van der Waals surface area contributed by atoms with Crippen LogP contribution in [0.15, 0.2) is 24.4 Å². The van der Waals surface area contributed by atoms with E-state index in [4.69, 9.17) is 22.4 Å². The third-order valence-electron chi connectivity index (χ3n) is 5.85. The van der Waals surface area contributed by atoms with Crippen molar-refractivity contribution in [1.82, 2.24) is 14.8 Å². The number of amides is 1. The number of hydrogen-bond donors (Lipinski definition) is 2. The van der Waals surface area contributed by atoms with E-state index in [2.05, 4.69) is 16.0 Å². The van der Waals surface area contributed by atoms with Gasteiger partial charge in [0.1, 0.15) is 11.9 Å². The second kappa shape index (κ2) is 8.28. The zero-order valence-electron chi connectivity index (χ0n) is 16.4. The molecule has 0 radical (unpaired) electrons. The number of carbonyl (C=O) groups is 1. The Morgan fingerprint density at radius 2 is 2.03 bits per heavy atom. The summed E-state index contributed by atoms with van der Waals surface area (Å²) in [5, 5.41) is 26.4. The lowest BCUT2D eigenvalue weighted by Crippen LogP contribution is -2.53. The monoisotopic (exact) mass is 423 g/mol. The molecule has 1 aromatic carbocycles. The van der Waals surface area contributed by atoms with Gasteiger partial charge in [-0.05, 0) is 31.0 Å². The Bertz CT molecular complexity index is 1060. The van der Waals surface area contributed by atoms with Crippen LogP contribution < -0.4 is 4.90 Å². The van der Waals surface area contributed by atoms with Crippen LogP contribution in [0.2, 0.25) is 5.02 Å². The van der Waals surface area contributed by atoms with E-state index in [0.717, 1.165) is 22.9 Å². The molecular formula is C21H22ClN7O. The standard InChI is InChI=1S/C21H22ClN7O/c22-16-1-2-18-17(9-16)20(15(10-23)11-26-18)27-5-3-14(4-6-27)21(30)28-7-8-29(13-24)19(25)12-28/h1-2,9,11,13-14,24-25H,3-8,12H2. The molecule has 0 aliphatic carbocycles. The van der Waals surface area contributed by atoms with Gasteiger partial charge in [-0.3, -0.25) is 20.6 Å². The number of amidine groups is 1. The molecule has 0 unspecified atom stereocenters. The number of fused-ring (bicyclic) bond motifs is 1. The molecule has 3 heterocycles. The molecule has 9 heteroatoms. The summed E-state index contributed by atoms with van der Waals surface area (Å²) in [6, 6.07) is 7.71. The Balaban J connectivity index is 1.50. The molecule has 2 aromatic rings. The van der Waals surface area contributed by atoms with Crippen LogP contribution in [0.4, 0.5) is 5.69 Å². The number of pyridine rings is 1. The molecule has 8 nitrogen and oxygen atoms in total. The minimum atomic E-state index is -0.0946. The highest BCUT2D eigenvalue weighted by molar-refractivity contribution is 6.31. The van der Waals surface area contributed by atoms with E-state index in [9.17, 15) is 10.1 Å². The van der Waals surface area contributed by atoms with Crippen LogP contribution in [0.3, 0.4) is 0 Å². The molecule has 4 rings (SSSR count). The SMILES string of the molecule is N#Cc1cnc2ccc(Cl)cc2c1N1CCC(C(=O)N2CCN(C=N)C(=N)C2)CC1. The molecule has 0 atom stereocenters. The average Bonchev–Trinajstić information content (AvgIpc) is 2.77. The Kier molecular flexibility index (Phi) is 5.55. The van der Waals surface area contributed by atoms with E-state index >= 15 is 0 Å². The molecule has 2 aliphatic rings. The highest BCUT2D eigenvalue weighted by atomic mass is 35.5. The van der Waals surface area contributed by atoms with E-state index in [1.807, 2.05) is 12.1 Å². The summed E-state index contributed by atoms with van der Waals surface area (Å²) in [5.41, 5.74) is 2.12. The molecular weight excluding hydrogens is 402 g/mol. The summed E-state index contributed by atoms with van der Waals surface area (Å²) < 4.78 is 0. The molecule has 2 aliphatic heterocycles. The summed E-state index contributed by atoms with van der Waals surface area (Å²) in [6.07, 6.45) is 4.11. The van der Waals surface area contributed by atoms with Gasteiger partial charge in [0, 0.05) is 48.7 Å². The number of benzene rings is 1. The summed E-state index contributed by atoms with van der Waals surface area (Å²) in [7, 11) is 0. The number of piperidine rings is 1. The van der Waals surface area contributed by atoms with E-state index in [-0.39, 0.29) is 24.2 Å². The van der Waals surface area contributed by atoms with Gasteiger partial charge >= 0.3 is 0 Å². The number of nitrogens with one attached hydrogen (secondary N) is 2. The molecule has 0 spiro atoms. The van der Waals surface area contributed by atoms with Gasteiger partial charge < -0.3 is 14.7 Å². The van der Waals surface area contributed by atoms with Crippen LogP contribution in [0, 0.1) is 28.1 Å². The number of nitrogens with zero attached hydrogens (tertiary/aromatic N) is 5. The highest BCUT2D eigenvalue weighted by Gasteiger charge is 2.32. The van der Waals surface area contributed by atoms with Gasteiger partial charge in [0.15, 0.2) is 0 Å². The molecule has 0 saturated carbocycles. The number of carbonyl (C=O) groups excluding carboxylic acids is 1. The summed E-state index contributed by atoms with van der Waals surface area (Å²) in [5.74, 6) is 0.260. The van der Waals surface area contributed by atoms with Crippen LogP contribution in [-0.2, 0) is 4.79 Å². The van der Waals surface area contributed by atoms with Crippen molar-refractivity contribution in [3.63, 3.8) is 0 Å². The third-order valence-corrected chi connectivity index (χ3v) is 6.08. The van der Waals surface area contributed by atoms with Gasteiger partial charge in [-0.2, -0.15) is 5.26 Å². The molecule has 30 heavy (non-hydrogen) atoms. The molecule has 154 valence electrons. The minimum Gasteiger partial charge on any atom is -0.370 e. The van der Waals surface area contributed by atoms with Crippen molar-refractivity contribution in [3.05, 3.63) is 35.0 Å². The second-order valence-electron chi connectivity index (χ2n) is 7.58. The normalized spacial score (nSPS) is 17.9. The Hall–Kier alpha value is -3.18. The van der Waals surface area contributed by atoms with Crippen molar-refractivity contribution >= 4 is 46.3 Å². The van der Waals surface area contributed by atoms with E-state index < -0.39 is 0 Å². The molecule has 2 N–H and O–H groups in total. The Morgan fingerprint density at radius 3 is 2.70 bits per heavy atom. The van der Waals surface area contributed by atoms with Crippen LogP contribution in [-0.4, -0.2) is 65.6 Å². The Labute approximate surface area is 179 Å².